The lowest BCUT2D eigenvalue weighted by atomic mass is 10.2. The van der Waals surface area contributed by atoms with Crippen molar-refractivity contribution in [2.45, 2.75) is 26.2 Å². The van der Waals surface area contributed by atoms with Gasteiger partial charge in [-0.1, -0.05) is 18.5 Å². The highest BCUT2D eigenvalue weighted by molar-refractivity contribution is 6.14. The molecule has 0 aromatic carbocycles. The van der Waals surface area contributed by atoms with Crippen molar-refractivity contribution < 1.29 is 14.1 Å². The molecule has 1 amide bonds. The average Bonchev–Trinajstić information content (AvgIpc) is 2.73. The van der Waals surface area contributed by atoms with Crippen LogP contribution >= 0.6 is 0 Å². The molecular weight excluding hydrogens is 196 g/mol. The van der Waals surface area contributed by atoms with Gasteiger partial charge in [-0.3, -0.25) is 14.5 Å². The second kappa shape index (κ2) is 3.84. The molecule has 2 rings (SSSR count). The molecule has 2 heterocycles. The molecule has 0 saturated carbocycles. The molecule has 1 aliphatic rings. The Morgan fingerprint density at radius 1 is 1.53 bits per heavy atom. The van der Waals surface area contributed by atoms with Crippen LogP contribution in [0.1, 0.15) is 25.5 Å². The van der Waals surface area contributed by atoms with Crippen LogP contribution in [0, 0.1) is 0 Å². The maximum atomic E-state index is 11.4. The fourth-order valence-corrected chi connectivity index (χ4v) is 1.59. The van der Waals surface area contributed by atoms with E-state index in [0.29, 0.717) is 5.88 Å². The molecule has 0 spiro atoms. The predicted octanol–water partition coefficient (Wildman–Crippen LogP) is 0.933. The number of Topliss-reactive ketones (excluding diaryl/α,β-unsaturated/α-hetero) is 1. The van der Waals surface area contributed by atoms with Crippen molar-refractivity contribution in [3.63, 3.8) is 0 Å². The Balaban J connectivity index is 2.15. The number of amides is 1. The highest BCUT2D eigenvalue weighted by Crippen LogP contribution is 2.21. The molecule has 80 valence electrons. The summed E-state index contributed by atoms with van der Waals surface area (Å²) in [6, 6.07) is 1.72. The van der Waals surface area contributed by atoms with Gasteiger partial charge in [-0.2, -0.15) is 0 Å². The Bertz CT molecular complexity index is 397. The van der Waals surface area contributed by atoms with Gasteiger partial charge >= 0.3 is 0 Å². The number of aromatic nitrogens is 1. The minimum atomic E-state index is -0.209. The third-order valence-electron chi connectivity index (χ3n) is 2.30. The number of carbonyl (C=O) groups excluding carboxylic acids is 2. The minimum Gasteiger partial charge on any atom is -0.338 e. The molecule has 0 N–H and O–H groups in total. The lowest BCUT2D eigenvalue weighted by molar-refractivity contribution is -0.121. The van der Waals surface area contributed by atoms with E-state index in [2.05, 4.69) is 5.16 Å². The summed E-state index contributed by atoms with van der Waals surface area (Å²) >= 11 is 0. The summed E-state index contributed by atoms with van der Waals surface area (Å²) < 4.78 is 5.02. The molecule has 0 bridgehead atoms. The van der Waals surface area contributed by atoms with Crippen molar-refractivity contribution in [3.05, 3.63) is 11.8 Å². The zero-order valence-electron chi connectivity index (χ0n) is 8.52. The Hall–Kier alpha value is -1.65. The fraction of sp³-hybridized carbons (Fsp3) is 0.500. The SMILES string of the molecule is CCCc1cc(N2CC(=O)CC2=O)on1. The number of aryl methyl sites for hydroxylation is 1. The molecule has 1 fully saturated rings. The lowest BCUT2D eigenvalue weighted by Gasteiger charge is -2.07. The number of hydrogen-bond acceptors (Lipinski definition) is 4. The van der Waals surface area contributed by atoms with Crippen molar-refractivity contribution in [1.29, 1.82) is 0 Å². The van der Waals surface area contributed by atoms with Crippen molar-refractivity contribution in [2.75, 3.05) is 11.4 Å². The minimum absolute atomic E-state index is 0.0240. The van der Waals surface area contributed by atoms with Crippen molar-refractivity contribution in [1.82, 2.24) is 5.16 Å². The first-order valence-corrected chi connectivity index (χ1v) is 4.98. The van der Waals surface area contributed by atoms with E-state index in [-0.39, 0.29) is 24.7 Å². The lowest BCUT2D eigenvalue weighted by Crippen LogP contribution is -2.23. The predicted molar refractivity (Wildman–Crippen MR) is 52.5 cm³/mol. The molecule has 1 aliphatic heterocycles. The van der Waals surface area contributed by atoms with Crippen LogP contribution in [0.25, 0.3) is 0 Å². The number of ketones is 1. The summed E-state index contributed by atoms with van der Waals surface area (Å²) in [6.07, 6.45) is 1.77. The molecule has 5 nitrogen and oxygen atoms in total. The van der Waals surface area contributed by atoms with Gasteiger partial charge in [-0.15, -0.1) is 0 Å². The van der Waals surface area contributed by atoms with E-state index in [1.807, 2.05) is 6.92 Å². The molecule has 0 radical (unpaired) electrons. The van der Waals surface area contributed by atoms with E-state index in [0.717, 1.165) is 18.5 Å². The Kier molecular flexibility index (Phi) is 2.53. The number of rotatable bonds is 3. The van der Waals surface area contributed by atoms with Crippen molar-refractivity contribution in [3.8, 4) is 0 Å². The van der Waals surface area contributed by atoms with Crippen LogP contribution in [-0.4, -0.2) is 23.4 Å². The van der Waals surface area contributed by atoms with E-state index in [1.165, 1.54) is 4.90 Å². The van der Waals surface area contributed by atoms with Crippen LogP contribution < -0.4 is 4.90 Å². The summed E-state index contributed by atoms with van der Waals surface area (Å²) in [5.41, 5.74) is 0.819. The van der Waals surface area contributed by atoms with Gasteiger partial charge in [-0.25, -0.2) is 0 Å². The second-order valence-electron chi connectivity index (χ2n) is 3.60. The maximum Gasteiger partial charge on any atom is 0.237 e. The van der Waals surface area contributed by atoms with E-state index < -0.39 is 0 Å². The first-order valence-electron chi connectivity index (χ1n) is 4.98. The zero-order chi connectivity index (χ0) is 10.8. The van der Waals surface area contributed by atoms with Crippen LogP contribution in [-0.2, 0) is 16.0 Å². The van der Waals surface area contributed by atoms with Gasteiger partial charge in [0, 0.05) is 6.07 Å². The standard InChI is InChI=1S/C10H12N2O3/c1-2-3-7-4-10(15-11-7)12-6-8(13)5-9(12)14/h4H,2-3,5-6H2,1H3. The molecule has 1 aromatic rings. The summed E-state index contributed by atoms with van der Waals surface area (Å²) in [6.45, 7) is 2.15. The third kappa shape index (κ3) is 1.91. The highest BCUT2D eigenvalue weighted by atomic mass is 16.5. The zero-order valence-corrected chi connectivity index (χ0v) is 8.52. The normalized spacial score (nSPS) is 16.5. The molecule has 1 saturated heterocycles. The smallest absolute Gasteiger partial charge is 0.237 e. The monoisotopic (exact) mass is 208 g/mol. The Labute approximate surface area is 87.0 Å². The molecule has 1 aromatic heterocycles. The van der Waals surface area contributed by atoms with E-state index in [1.54, 1.807) is 6.07 Å². The van der Waals surface area contributed by atoms with Crippen LogP contribution in [0.15, 0.2) is 10.6 Å². The molecule has 0 aliphatic carbocycles. The fourth-order valence-electron chi connectivity index (χ4n) is 1.59. The number of nitrogens with zero attached hydrogens (tertiary/aromatic N) is 2. The molecular formula is C10H12N2O3. The van der Waals surface area contributed by atoms with Crippen LogP contribution in [0.3, 0.4) is 0 Å². The molecule has 15 heavy (non-hydrogen) atoms. The summed E-state index contributed by atoms with van der Waals surface area (Å²) in [5.74, 6) is 0.0990. The Morgan fingerprint density at radius 2 is 2.33 bits per heavy atom. The van der Waals surface area contributed by atoms with Gasteiger partial charge in [-0.05, 0) is 6.42 Å². The largest absolute Gasteiger partial charge is 0.338 e. The van der Waals surface area contributed by atoms with Gasteiger partial charge in [0.1, 0.15) is 0 Å². The topological polar surface area (TPSA) is 63.4 Å². The van der Waals surface area contributed by atoms with Crippen molar-refractivity contribution >= 4 is 17.6 Å². The number of anilines is 1. The van der Waals surface area contributed by atoms with E-state index in [4.69, 9.17) is 4.52 Å². The van der Waals surface area contributed by atoms with Gasteiger partial charge in [0.25, 0.3) is 0 Å². The Morgan fingerprint density at radius 3 is 2.93 bits per heavy atom. The van der Waals surface area contributed by atoms with E-state index >= 15 is 0 Å². The second-order valence-corrected chi connectivity index (χ2v) is 3.60. The summed E-state index contributed by atoms with van der Waals surface area (Å²) in [4.78, 5) is 23.8. The van der Waals surface area contributed by atoms with Crippen LogP contribution in [0.5, 0.6) is 0 Å². The highest BCUT2D eigenvalue weighted by Gasteiger charge is 2.31. The number of hydrogen-bond donors (Lipinski definition) is 0. The number of carbonyl (C=O) groups is 2. The first kappa shape index (κ1) is 9.89. The maximum absolute atomic E-state index is 11.4. The van der Waals surface area contributed by atoms with Gasteiger partial charge < -0.3 is 4.52 Å². The summed E-state index contributed by atoms with van der Waals surface area (Å²) in [7, 11) is 0. The van der Waals surface area contributed by atoms with E-state index in [9.17, 15) is 9.59 Å². The third-order valence-corrected chi connectivity index (χ3v) is 2.30. The van der Waals surface area contributed by atoms with Gasteiger partial charge in [0.05, 0.1) is 18.7 Å². The molecule has 0 unspecified atom stereocenters. The first-order chi connectivity index (χ1) is 7.20. The quantitative estimate of drug-likeness (QED) is 0.693. The average molecular weight is 208 g/mol. The van der Waals surface area contributed by atoms with Crippen LogP contribution in [0.2, 0.25) is 0 Å². The molecule has 5 heteroatoms. The van der Waals surface area contributed by atoms with Crippen LogP contribution in [0.4, 0.5) is 5.88 Å². The van der Waals surface area contributed by atoms with Gasteiger partial charge in [0.2, 0.25) is 11.8 Å². The van der Waals surface area contributed by atoms with Gasteiger partial charge in [0.15, 0.2) is 5.78 Å². The molecule has 0 atom stereocenters. The van der Waals surface area contributed by atoms with Crippen molar-refractivity contribution in [2.24, 2.45) is 0 Å². The summed E-state index contributed by atoms with van der Waals surface area (Å²) in [5, 5.41) is 3.83.